The van der Waals surface area contributed by atoms with Gasteiger partial charge in [0, 0.05) is 0 Å². The van der Waals surface area contributed by atoms with E-state index >= 15 is 0 Å². The molecule has 0 fully saturated rings. The summed E-state index contributed by atoms with van der Waals surface area (Å²) < 4.78 is 41.6. The van der Waals surface area contributed by atoms with Crippen molar-refractivity contribution >= 4 is 15.8 Å². The summed E-state index contributed by atoms with van der Waals surface area (Å²) in [6.45, 7) is 7.74. The quantitative estimate of drug-likeness (QED) is 0.478. The van der Waals surface area contributed by atoms with E-state index in [0.717, 1.165) is 11.3 Å². The minimum atomic E-state index is -3.56. The fraction of sp³-hybridized carbons (Fsp3) is 0.304. The van der Waals surface area contributed by atoms with Crippen LogP contribution in [-0.4, -0.2) is 26.2 Å². The highest BCUT2D eigenvalue weighted by Gasteiger charge is 2.18. The lowest BCUT2D eigenvalue weighted by Crippen LogP contribution is -2.09. The molecule has 0 spiro atoms. The Morgan fingerprint density at radius 3 is 2.35 bits per heavy atom. The van der Waals surface area contributed by atoms with Gasteiger partial charge in [-0.25, -0.2) is 13.2 Å². The van der Waals surface area contributed by atoms with Crippen molar-refractivity contribution in [3.05, 3.63) is 76.2 Å². The van der Waals surface area contributed by atoms with Gasteiger partial charge in [-0.3, -0.25) is 0 Å². The second-order valence-corrected chi connectivity index (χ2v) is 9.17. The summed E-state index contributed by atoms with van der Waals surface area (Å²) in [5.74, 6) is 0.656. The van der Waals surface area contributed by atoms with Crippen LogP contribution in [0.25, 0.3) is 0 Å². The molecule has 0 unspecified atom stereocenters. The Morgan fingerprint density at radius 2 is 1.77 bits per heavy atom. The van der Waals surface area contributed by atoms with Crippen LogP contribution in [0.2, 0.25) is 0 Å². The molecule has 1 heterocycles. The van der Waals surface area contributed by atoms with Gasteiger partial charge in [-0.05, 0) is 75.2 Å². The number of aryl methyl sites for hydroxylation is 3. The van der Waals surface area contributed by atoms with E-state index in [1.165, 1.54) is 12.1 Å². The van der Waals surface area contributed by atoms with E-state index in [0.29, 0.717) is 34.8 Å². The molecular weight excluding hydrogens is 418 g/mol. The molecule has 3 aromatic rings. The molecule has 0 N–H and O–H groups in total. The summed E-state index contributed by atoms with van der Waals surface area (Å²) in [7, 11) is -3.56. The molecule has 0 saturated carbocycles. The zero-order valence-corrected chi connectivity index (χ0v) is 18.8. The second-order valence-electron chi connectivity index (χ2n) is 7.18. The van der Waals surface area contributed by atoms with Gasteiger partial charge in [0.1, 0.15) is 18.1 Å². The number of ether oxygens (including phenoxy) is 2. The van der Waals surface area contributed by atoms with Gasteiger partial charge in [0.2, 0.25) is 0 Å². The average Bonchev–Trinajstić information content (AvgIpc) is 3.05. The molecule has 0 amide bonds. The number of hydrogen-bond donors (Lipinski definition) is 0. The molecule has 7 nitrogen and oxygen atoms in total. The molecule has 0 aliphatic rings. The van der Waals surface area contributed by atoms with Crippen LogP contribution < -0.4 is 4.74 Å². The minimum absolute atomic E-state index is 0.165. The third kappa shape index (κ3) is 5.32. The van der Waals surface area contributed by atoms with Crippen LogP contribution in [0.3, 0.4) is 0 Å². The Morgan fingerprint density at radius 1 is 1.06 bits per heavy atom. The molecular formula is C23H25NO6S. The van der Waals surface area contributed by atoms with Crippen LogP contribution in [0.1, 0.15) is 45.4 Å². The van der Waals surface area contributed by atoms with Crippen LogP contribution >= 0.6 is 0 Å². The van der Waals surface area contributed by atoms with Gasteiger partial charge < -0.3 is 14.0 Å². The molecule has 0 saturated heterocycles. The van der Waals surface area contributed by atoms with E-state index < -0.39 is 15.8 Å². The van der Waals surface area contributed by atoms with Crippen molar-refractivity contribution in [2.75, 3.05) is 6.61 Å². The molecule has 0 aliphatic carbocycles. The SMILES string of the molecule is CCOC(=O)c1ccc(CS(=O)(=O)c2ccc(OCc3c(C)noc3C)cc2)c(C)c1. The first-order chi connectivity index (χ1) is 14.7. The van der Waals surface area contributed by atoms with Gasteiger partial charge in [-0.1, -0.05) is 11.2 Å². The Labute approximate surface area is 181 Å². The molecule has 164 valence electrons. The smallest absolute Gasteiger partial charge is 0.338 e. The number of aromatic nitrogens is 1. The van der Waals surface area contributed by atoms with E-state index in [4.69, 9.17) is 14.0 Å². The van der Waals surface area contributed by atoms with E-state index in [1.807, 2.05) is 13.8 Å². The second kappa shape index (κ2) is 9.34. The zero-order valence-electron chi connectivity index (χ0n) is 18.0. The first kappa shape index (κ1) is 22.6. The number of benzene rings is 2. The molecule has 8 heteroatoms. The Balaban J connectivity index is 1.70. The lowest BCUT2D eigenvalue weighted by molar-refractivity contribution is 0.0526. The molecule has 31 heavy (non-hydrogen) atoms. The summed E-state index contributed by atoms with van der Waals surface area (Å²) >= 11 is 0. The highest BCUT2D eigenvalue weighted by atomic mass is 32.2. The summed E-state index contributed by atoms with van der Waals surface area (Å²) in [5.41, 5.74) is 3.39. The largest absolute Gasteiger partial charge is 0.489 e. The summed E-state index contributed by atoms with van der Waals surface area (Å²) in [6.07, 6.45) is 0. The third-order valence-corrected chi connectivity index (χ3v) is 6.63. The van der Waals surface area contributed by atoms with Crippen LogP contribution in [0, 0.1) is 20.8 Å². The molecule has 0 atom stereocenters. The third-order valence-electron chi connectivity index (χ3n) is 4.95. The van der Waals surface area contributed by atoms with Gasteiger partial charge in [-0.2, -0.15) is 0 Å². The van der Waals surface area contributed by atoms with E-state index in [2.05, 4.69) is 5.16 Å². The molecule has 3 rings (SSSR count). The van der Waals surface area contributed by atoms with E-state index in [1.54, 1.807) is 44.2 Å². The first-order valence-corrected chi connectivity index (χ1v) is 11.5. The first-order valence-electron chi connectivity index (χ1n) is 9.85. The zero-order chi connectivity index (χ0) is 22.6. The standard InChI is InChI=1S/C23H25NO6S/c1-5-28-23(25)18-6-7-19(15(2)12-18)14-31(26,27)21-10-8-20(9-11-21)29-13-22-16(3)24-30-17(22)4/h6-12H,5,13-14H2,1-4H3. The normalized spacial score (nSPS) is 11.4. The molecule has 0 radical (unpaired) electrons. The molecule has 1 aromatic heterocycles. The number of rotatable bonds is 8. The van der Waals surface area contributed by atoms with Crippen molar-refractivity contribution in [1.82, 2.24) is 5.16 Å². The topological polar surface area (TPSA) is 95.7 Å². The average molecular weight is 444 g/mol. The summed E-state index contributed by atoms with van der Waals surface area (Å²) in [5, 5.41) is 3.89. The maximum Gasteiger partial charge on any atom is 0.338 e. The number of sulfone groups is 1. The number of esters is 1. The van der Waals surface area contributed by atoms with E-state index in [-0.39, 0.29) is 17.3 Å². The van der Waals surface area contributed by atoms with Crippen LogP contribution in [0.4, 0.5) is 0 Å². The summed E-state index contributed by atoms with van der Waals surface area (Å²) in [4.78, 5) is 12.1. The van der Waals surface area contributed by atoms with Crippen LogP contribution in [-0.2, 0) is 26.9 Å². The van der Waals surface area contributed by atoms with Gasteiger partial charge in [0.15, 0.2) is 9.84 Å². The fourth-order valence-electron chi connectivity index (χ4n) is 3.09. The fourth-order valence-corrected chi connectivity index (χ4v) is 4.54. The minimum Gasteiger partial charge on any atom is -0.489 e. The maximum atomic E-state index is 12.9. The van der Waals surface area contributed by atoms with Gasteiger partial charge in [0.05, 0.1) is 34.1 Å². The highest BCUT2D eigenvalue weighted by molar-refractivity contribution is 7.90. The van der Waals surface area contributed by atoms with Crippen molar-refractivity contribution in [2.24, 2.45) is 0 Å². The molecule has 2 aromatic carbocycles. The van der Waals surface area contributed by atoms with Crippen molar-refractivity contribution in [1.29, 1.82) is 0 Å². The van der Waals surface area contributed by atoms with Crippen molar-refractivity contribution < 1.29 is 27.2 Å². The number of carbonyl (C=O) groups excluding carboxylic acids is 1. The molecule has 0 bridgehead atoms. The van der Waals surface area contributed by atoms with Crippen molar-refractivity contribution in [3.8, 4) is 5.75 Å². The monoisotopic (exact) mass is 443 g/mol. The predicted octanol–water partition coefficient (Wildman–Crippen LogP) is 4.33. The van der Waals surface area contributed by atoms with Crippen molar-refractivity contribution in [2.45, 2.75) is 45.0 Å². The lowest BCUT2D eigenvalue weighted by Gasteiger charge is -2.10. The van der Waals surface area contributed by atoms with Gasteiger partial charge in [0.25, 0.3) is 0 Å². The summed E-state index contributed by atoms with van der Waals surface area (Å²) in [6, 6.07) is 11.2. The Bertz CT molecular complexity index is 1160. The predicted molar refractivity (Wildman–Crippen MR) is 115 cm³/mol. The number of carbonyl (C=O) groups is 1. The van der Waals surface area contributed by atoms with E-state index in [9.17, 15) is 13.2 Å². The maximum absolute atomic E-state index is 12.9. The lowest BCUT2D eigenvalue weighted by atomic mass is 10.1. The number of nitrogens with zero attached hydrogens (tertiary/aromatic N) is 1. The molecule has 0 aliphatic heterocycles. The van der Waals surface area contributed by atoms with Crippen LogP contribution in [0.15, 0.2) is 51.9 Å². The number of hydrogen-bond acceptors (Lipinski definition) is 7. The van der Waals surface area contributed by atoms with Gasteiger partial charge in [-0.15, -0.1) is 0 Å². The Kier molecular flexibility index (Phi) is 6.80. The van der Waals surface area contributed by atoms with Crippen LogP contribution in [0.5, 0.6) is 5.75 Å². The highest BCUT2D eigenvalue weighted by Crippen LogP contribution is 2.23. The van der Waals surface area contributed by atoms with Crippen molar-refractivity contribution in [3.63, 3.8) is 0 Å². The van der Waals surface area contributed by atoms with Gasteiger partial charge >= 0.3 is 5.97 Å². The Hall–Kier alpha value is -3.13.